The van der Waals surface area contributed by atoms with Crippen LogP contribution in [0.4, 0.5) is 0 Å². The van der Waals surface area contributed by atoms with E-state index in [-0.39, 0.29) is 5.57 Å². The highest BCUT2D eigenvalue weighted by Gasteiger charge is 2.11. The number of carbonyl (C=O) groups is 1. The van der Waals surface area contributed by atoms with Crippen LogP contribution >= 0.6 is 0 Å². The minimum atomic E-state index is -0.977. The summed E-state index contributed by atoms with van der Waals surface area (Å²) in [5.74, 6) is -0.977. The van der Waals surface area contributed by atoms with E-state index < -0.39 is 5.97 Å². The van der Waals surface area contributed by atoms with Crippen molar-refractivity contribution in [2.45, 2.75) is 6.92 Å². The van der Waals surface area contributed by atoms with Crippen molar-refractivity contribution in [2.24, 2.45) is 0 Å². The van der Waals surface area contributed by atoms with Gasteiger partial charge in [-0.15, -0.1) is 0 Å². The van der Waals surface area contributed by atoms with Gasteiger partial charge < -0.3 is 5.11 Å². The second-order valence-corrected chi connectivity index (χ2v) is 3.99. The molecule has 1 aromatic carbocycles. The van der Waals surface area contributed by atoms with Crippen LogP contribution in [0.2, 0.25) is 0 Å². The number of aliphatic carboxylic acids is 1. The zero-order valence-electron chi connectivity index (χ0n) is 10.00. The maximum Gasteiger partial charge on any atom is 0.337 e. The van der Waals surface area contributed by atoms with Crippen molar-refractivity contribution in [3.05, 3.63) is 65.5 Å². The van der Waals surface area contributed by atoms with E-state index in [1.165, 1.54) is 0 Å². The normalized spacial score (nSPS) is 11.3. The molecule has 0 aliphatic rings. The molecule has 0 amide bonds. The minimum Gasteiger partial charge on any atom is -0.478 e. The van der Waals surface area contributed by atoms with E-state index in [2.05, 4.69) is 4.98 Å². The van der Waals surface area contributed by atoms with Crippen LogP contribution in [0.5, 0.6) is 0 Å². The van der Waals surface area contributed by atoms with Crippen molar-refractivity contribution in [2.75, 3.05) is 0 Å². The summed E-state index contributed by atoms with van der Waals surface area (Å²) in [5, 5.41) is 9.25. The molecule has 0 unspecified atom stereocenters. The van der Waals surface area contributed by atoms with Crippen LogP contribution in [-0.2, 0) is 4.79 Å². The molecule has 0 aliphatic carbocycles. The van der Waals surface area contributed by atoms with E-state index in [1.807, 2.05) is 31.2 Å². The molecular formula is C15H13NO2. The Bertz CT molecular complexity index is 588. The number of nitrogens with zero attached hydrogens (tertiary/aromatic N) is 1. The molecule has 2 rings (SSSR count). The monoisotopic (exact) mass is 239 g/mol. The second kappa shape index (κ2) is 5.27. The number of hydrogen-bond donors (Lipinski definition) is 1. The number of pyridine rings is 1. The van der Waals surface area contributed by atoms with Crippen LogP contribution in [0.3, 0.4) is 0 Å². The van der Waals surface area contributed by atoms with Crippen molar-refractivity contribution in [1.82, 2.24) is 4.98 Å². The molecule has 18 heavy (non-hydrogen) atoms. The van der Waals surface area contributed by atoms with Crippen LogP contribution in [-0.4, -0.2) is 16.1 Å². The topological polar surface area (TPSA) is 50.2 Å². The molecule has 1 aromatic heterocycles. The minimum absolute atomic E-state index is 0.196. The highest BCUT2D eigenvalue weighted by molar-refractivity contribution is 6.20. The fourth-order valence-electron chi connectivity index (χ4n) is 1.69. The van der Waals surface area contributed by atoms with Gasteiger partial charge in [0, 0.05) is 6.20 Å². The third-order valence-corrected chi connectivity index (χ3v) is 2.52. The Morgan fingerprint density at radius 1 is 1.22 bits per heavy atom. The molecule has 1 heterocycles. The Morgan fingerprint density at radius 2 is 2.06 bits per heavy atom. The number of carboxylic acids is 1. The summed E-state index contributed by atoms with van der Waals surface area (Å²) in [5.41, 5.74) is 2.61. The first-order valence-electron chi connectivity index (χ1n) is 5.60. The quantitative estimate of drug-likeness (QED) is 0.837. The Kier molecular flexibility index (Phi) is 3.53. The molecule has 0 aliphatic heterocycles. The maximum absolute atomic E-state index is 11.3. The molecule has 90 valence electrons. The highest BCUT2D eigenvalue weighted by Crippen LogP contribution is 2.17. The smallest absolute Gasteiger partial charge is 0.337 e. The van der Waals surface area contributed by atoms with E-state index in [4.69, 9.17) is 0 Å². The standard InChI is InChI=1S/C15H13NO2/c1-11-5-4-6-12(9-11)10-13(15(17)18)14-7-2-3-8-16-14/h2-10H,1H3,(H,17,18)/b13-10+. The summed E-state index contributed by atoms with van der Waals surface area (Å²) in [6.07, 6.45) is 3.22. The first-order chi connectivity index (χ1) is 8.66. The Labute approximate surface area is 105 Å². The van der Waals surface area contributed by atoms with E-state index in [9.17, 15) is 9.90 Å². The van der Waals surface area contributed by atoms with Gasteiger partial charge in [-0.3, -0.25) is 4.98 Å². The number of benzene rings is 1. The summed E-state index contributed by atoms with van der Waals surface area (Å²) < 4.78 is 0. The van der Waals surface area contributed by atoms with Gasteiger partial charge >= 0.3 is 5.97 Å². The average molecular weight is 239 g/mol. The van der Waals surface area contributed by atoms with Crippen molar-refractivity contribution in [3.8, 4) is 0 Å². The van der Waals surface area contributed by atoms with E-state index in [1.54, 1.807) is 30.5 Å². The lowest BCUT2D eigenvalue weighted by atomic mass is 10.1. The van der Waals surface area contributed by atoms with Gasteiger partial charge in [-0.1, -0.05) is 35.9 Å². The summed E-state index contributed by atoms with van der Waals surface area (Å²) in [4.78, 5) is 15.4. The maximum atomic E-state index is 11.3. The van der Waals surface area contributed by atoms with Gasteiger partial charge in [0.25, 0.3) is 0 Å². The summed E-state index contributed by atoms with van der Waals surface area (Å²) >= 11 is 0. The first kappa shape index (κ1) is 12.0. The second-order valence-electron chi connectivity index (χ2n) is 3.99. The lowest BCUT2D eigenvalue weighted by molar-refractivity contribution is -0.130. The molecule has 0 radical (unpaired) electrons. The lowest BCUT2D eigenvalue weighted by Crippen LogP contribution is -2.01. The number of hydrogen-bond acceptors (Lipinski definition) is 2. The van der Waals surface area contributed by atoms with E-state index in [0.717, 1.165) is 11.1 Å². The van der Waals surface area contributed by atoms with Gasteiger partial charge in [-0.05, 0) is 30.7 Å². The van der Waals surface area contributed by atoms with Crippen LogP contribution < -0.4 is 0 Å². The Balaban J connectivity index is 2.46. The van der Waals surface area contributed by atoms with Gasteiger partial charge in [0.15, 0.2) is 0 Å². The average Bonchev–Trinajstić information content (AvgIpc) is 2.37. The van der Waals surface area contributed by atoms with Gasteiger partial charge in [-0.2, -0.15) is 0 Å². The van der Waals surface area contributed by atoms with Crippen LogP contribution in [0, 0.1) is 6.92 Å². The van der Waals surface area contributed by atoms with Crippen molar-refractivity contribution < 1.29 is 9.90 Å². The zero-order valence-corrected chi connectivity index (χ0v) is 10.00. The van der Waals surface area contributed by atoms with Gasteiger partial charge in [-0.25, -0.2) is 4.79 Å². The van der Waals surface area contributed by atoms with Gasteiger partial charge in [0.2, 0.25) is 0 Å². The van der Waals surface area contributed by atoms with E-state index >= 15 is 0 Å². The molecule has 2 aromatic rings. The van der Waals surface area contributed by atoms with Gasteiger partial charge in [0.05, 0.1) is 11.3 Å². The fourth-order valence-corrected chi connectivity index (χ4v) is 1.69. The molecule has 3 nitrogen and oxygen atoms in total. The zero-order chi connectivity index (χ0) is 13.0. The van der Waals surface area contributed by atoms with Crippen molar-refractivity contribution in [1.29, 1.82) is 0 Å². The van der Waals surface area contributed by atoms with Crippen LogP contribution in [0.1, 0.15) is 16.8 Å². The number of rotatable bonds is 3. The largest absolute Gasteiger partial charge is 0.478 e. The molecule has 0 spiro atoms. The number of aromatic nitrogens is 1. The van der Waals surface area contributed by atoms with Crippen molar-refractivity contribution in [3.63, 3.8) is 0 Å². The molecule has 0 atom stereocenters. The molecule has 0 saturated heterocycles. The van der Waals surface area contributed by atoms with Crippen LogP contribution in [0.25, 0.3) is 11.6 Å². The van der Waals surface area contributed by atoms with Crippen molar-refractivity contribution >= 4 is 17.6 Å². The molecule has 0 fully saturated rings. The molecule has 0 bridgehead atoms. The number of carboxylic acid groups (broad SMARTS) is 1. The van der Waals surface area contributed by atoms with E-state index in [0.29, 0.717) is 5.69 Å². The third-order valence-electron chi connectivity index (χ3n) is 2.52. The molecule has 0 saturated carbocycles. The fraction of sp³-hybridized carbons (Fsp3) is 0.0667. The SMILES string of the molecule is Cc1cccc(/C=C(/C(=O)O)c2ccccn2)c1. The predicted octanol–water partition coefficient (Wildman–Crippen LogP) is 3.02. The Morgan fingerprint density at radius 3 is 2.67 bits per heavy atom. The summed E-state index contributed by atoms with van der Waals surface area (Å²) in [6, 6.07) is 12.9. The number of aryl methyl sites for hydroxylation is 1. The third kappa shape index (κ3) is 2.83. The van der Waals surface area contributed by atoms with Crippen LogP contribution in [0.15, 0.2) is 48.7 Å². The van der Waals surface area contributed by atoms with Gasteiger partial charge in [0.1, 0.15) is 0 Å². The summed E-state index contributed by atoms with van der Waals surface area (Å²) in [6.45, 7) is 1.97. The molecular weight excluding hydrogens is 226 g/mol. The highest BCUT2D eigenvalue weighted by atomic mass is 16.4. The predicted molar refractivity (Wildman–Crippen MR) is 70.9 cm³/mol. The Hall–Kier alpha value is -2.42. The molecule has 3 heteroatoms. The lowest BCUT2D eigenvalue weighted by Gasteiger charge is -2.02. The molecule has 1 N–H and O–H groups in total. The summed E-state index contributed by atoms with van der Waals surface area (Å²) in [7, 11) is 0. The first-order valence-corrected chi connectivity index (χ1v) is 5.60.